The Bertz CT molecular complexity index is 469. The molecule has 7 heteroatoms. The molecule has 0 unspecified atom stereocenters. The van der Waals surface area contributed by atoms with E-state index in [-0.39, 0.29) is 18.2 Å². The van der Waals surface area contributed by atoms with E-state index in [1.807, 2.05) is 13.0 Å². The number of piperidine rings is 1. The van der Waals surface area contributed by atoms with Crippen molar-refractivity contribution in [2.45, 2.75) is 32.9 Å². The molecule has 1 aromatic carbocycles. The zero-order valence-corrected chi connectivity index (χ0v) is 14.2. The van der Waals surface area contributed by atoms with Crippen molar-refractivity contribution in [2.75, 3.05) is 26.2 Å². The summed E-state index contributed by atoms with van der Waals surface area (Å²) in [5.41, 5.74) is 6.74. The first-order valence-corrected chi connectivity index (χ1v) is 7.75. The third-order valence-electron chi connectivity index (χ3n) is 3.97. The highest BCUT2D eigenvalue weighted by atomic mass is 35.5. The van der Waals surface area contributed by atoms with E-state index >= 15 is 0 Å². The highest BCUT2D eigenvalue weighted by molar-refractivity contribution is 5.85. The number of benzene rings is 1. The highest BCUT2D eigenvalue weighted by Crippen LogP contribution is 2.30. The summed E-state index contributed by atoms with van der Waals surface area (Å²) in [5, 5.41) is 0. The number of ether oxygens (including phenoxy) is 2. The van der Waals surface area contributed by atoms with Crippen LogP contribution in [0.3, 0.4) is 0 Å². The van der Waals surface area contributed by atoms with Gasteiger partial charge in [0.1, 0.15) is 0 Å². The Hall–Kier alpha value is -1.11. The van der Waals surface area contributed by atoms with Crippen LogP contribution >= 0.6 is 12.4 Å². The largest absolute Gasteiger partial charge is 0.490 e. The minimum absolute atomic E-state index is 0. The van der Waals surface area contributed by atoms with E-state index < -0.39 is 6.61 Å². The second-order valence-corrected chi connectivity index (χ2v) is 5.55. The lowest BCUT2D eigenvalue weighted by Gasteiger charge is -2.31. The molecule has 4 nitrogen and oxygen atoms in total. The standard InChI is InChI=1S/C16H24F2N2O2.ClH/c1-2-21-15-9-13(3-4-14(15)22-16(17)18)11-20-7-5-12(10-19)6-8-20;/h3-4,9,12,16H,2,5-8,10-11,19H2,1H3;1H. The topological polar surface area (TPSA) is 47.7 Å². The van der Waals surface area contributed by atoms with Gasteiger partial charge in [-0.1, -0.05) is 6.07 Å². The van der Waals surface area contributed by atoms with Gasteiger partial charge in [-0.15, -0.1) is 12.4 Å². The quantitative estimate of drug-likeness (QED) is 0.819. The maximum absolute atomic E-state index is 12.4. The lowest BCUT2D eigenvalue weighted by molar-refractivity contribution is -0.0514. The van der Waals surface area contributed by atoms with Crippen LogP contribution in [0.4, 0.5) is 8.78 Å². The number of nitrogens with two attached hydrogens (primary N) is 1. The zero-order valence-electron chi connectivity index (χ0n) is 13.3. The Labute approximate surface area is 142 Å². The van der Waals surface area contributed by atoms with Crippen LogP contribution in [-0.4, -0.2) is 37.8 Å². The van der Waals surface area contributed by atoms with Gasteiger partial charge in [0, 0.05) is 6.54 Å². The molecule has 1 aliphatic rings. The average Bonchev–Trinajstić information content (AvgIpc) is 2.50. The maximum atomic E-state index is 12.4. The molecule has 0 bridgehead atoms. The Morgan fingerprint density at radius 2 is 1.96 bits per heavy atom. The molecule has 0 aromatic heterocycles. The normalized spacial score (nSPS) is 16.2. The summed E-state index contributed by atoms with van der Waals surface area (Å²) in [5.74, 6) is 1.08. The molecule has 132 valence electrons. The first-order valence-electron chi connectivity index (χ1n) is 7.75. The summed E-state index contributed by atoms with van der Waals surface area (Å²) >= 11 is 0. The van der Waals surface area contributed by atoms with E-state index in [9.17, 15) is 8.78 Å². The van der Waals surface area contributed by atoms with Crippen LogP contribution in [0, 0.1) is 5.92 Å². The minimum Gasteiger partial charge on any atom is -0.490 e. The lowest BCUT2D eigenvalue weighted by Crippen LogP contribution is -2.35. The number of hydrogen-bond donors (Lipinski definition) is 1. The lowest BCUT2D eigenvalue weighted by atomic mass is 9.97. The van der Waals surface area contributed by atoms with Gasteiger partial charge in [-0.2, -0.15) is 8.78 Å². The van der Waals surface area contributed by atoms with Gasteiger partial charge in [-0.3, -0.25) is 4.90 Å². The van der Waals surface area contributed by atoms with Crippen molar-refractivity contribution in [2.24, 2.45) is 11.7 Å². The van der Waals surface area contributed by atoms with Crippen molar-refractivity contribution in [3.05, 3.63) is 23.8 Å². The average molecular weight is 351 g/mol. The van der Waals surface area contributed by atoms with Gasteiger partial charge in [-0.25, -0.2) is 0 Å². The molecule has 1 fully saturated rings. The molecule has 0 aliphatic carbocycles. The van der Waals surface area contributed by atoms with Crippen molar-refractivity contribution < 1.29 is 18.3 Å². The summed E-state index contributed by atoms with van der Waals surface area (Å²) in [4.78, 5) is 2.35. The van der Waals surface area contributed by atoms with Crippen molar-refractivity contribution in [1.29, 1.82) is 0 Å². The smallest absolute Gasteiger partial charge is 0.387 e. The molecule has 0 amide bonds. The number of alkyl halides is 2. The maximum Gasteiger partial charge on any atom is 0.387 e. The number of likely N-dealkylation sites (tertiary alicyclic amines) is 1. The summed E-state index contributed by atoms with van der Waals surface area (Å²) in [7, 11) is 0. The fourth-order valence-electron chi connectivity index (χ4n) is 2.75. The molecule has 1 aromatic rings. The summed E-state index contributed by atoms with van der Waals surface area (Å²) in [6, 6.07) is 5.16. The minimum atomic E-state index is -2.85. The summed E-state index contributed by atoms with van der Waals surface area (Å²) in [6.45, 7) is 2.94. The van der Waals surface area contributed by atoms with E-state index in [0.29, 0.717) is 18.3 Å². The van der Waals surface area contributed by atoms with Gasteiger partial charge >= 0.3 is 6.61 Å². The Kier molecular flexibility index (Phi) is 8.58. The Morgan fingerprint density at radius 3 is 2.52 bits per heavy atom. The second-order valence-electron chi connectivity index (χ2n) is 5.55. The number of nitrogens with zero attached hydrogens (tertiary/aromatic N) is 1. The molecule has 0 radical (unpaired) electrons. The predicted octanol–water partition coefficient (Wildman–Crippen LogP) is 3.28. The fraction of sp³-hybridized carbons (Fsp3) is 0.625. The van der Waals surface area contributed by atoms with Crippen molar-refractivity contribution in [3.63, 3.8) is 0 Å². The van der Waals surface area contributed by atoms with Crippen molar-refractivity contribution >= 4 is 12.4 Å². The SMILES string of the molecule is CCOc1cc(CN2CCC(CN)CC2)ccc1OC(F)F.Cl. The molecule has 1 aliphatic heterocycles. The highest BCUT2D eigenvalue weighted by Gasteiger charge is 2.19. The molecule has 0 saturated carbocycles. The van der Waals surface area contributed by atoms with Gasteiger partial charge in [0.2, 0.25) is 0 Å². The second kappa shape index (κ2) is 9.90. The molecular weight excluding hydrogens is 326 g/mol. The molecule has 2 N–H and O–H groups in total. The molecule has 1 saturated heterocycles. The summed E-state index contributed by atoms with van der Waals surface area (Å²) < 4.78 is 34.7. The van der Waals surface area contributed by atoms with Crippen LogP contribution < -0.4 is 15.2 Å². The van der Waals surface area contributed by atoms with Crippen molar-refractivity contribution in [1.82, 2.24) is 4.90 Å². The third-order valence-corrected chi connectivity index (χ3v) is 3.97. The fourth-order valence-corrected chi connectivity index (χ4v) is 2.75. The van der Waals surface area contributed by atoms with E-state index in [1.54, 1.807) is 12.1 Å². The first-order chi connectivity index (χ1) is 10.6. The predicted molar refractivity (Wildman–Crippen MR) is 88.5 cm³/mol. The van der Waals surface area contributed by atoms with Crippen LogP contribution in [0.25, 0.3) is 0 Å². The molecule has 0 atom stereocenters. The van der Waals surface area contributed by atoms with Gasteiger partial charge in [0.05, 0.1) is 6.61 Å². The molecule has 0 spiro atoms. The zero-order chi connectivity index (χ0) is 15.9. The van der Waals surface area contributed by atoms with Gasteiger partial charge < -0.3 is 15.2 Å². The molecule has 23 heavy (non-hydrogen) atoms. The van der Waals surface area contributed by atoms with Crippen LogP contribution in [-0.2, 0) is 6.54 Å². The number of hydrogen-bond acceptors (Lipinski definition) is 4. The first kappa shape index (κ1) is 19.9. The third kappa shape index (κ3) is 6.12. The number of halogens is 3. The Balaban J connectivity index is 0.00000264. The van der Waals surface area contributed by atoms with E-state index in [0.717, 1.165) is 44.6 Å². The molecular formula is C16H25ClF2N2O2. The van der Waals surface area contributed by atoms with Crippen LogP contribution in [0.2, 0.25) is 0 Å². The molecule has 1 heterocycles. The molecule has 2 rings (SSSR count). The number of rotatable bonds is 7. The van der Waals surface area contributed by atoms with E-state index in [1.165, 1.54) is 0 Å². The monoisotopic (exact) mass is 350 g/mol. The van der Waals surface area contributed by atoms with Gasteiger partial charge in [-0.05, 0) is 63.0 Å². The van der Waals surface area contributed by atoms with E-state index in [4.69, 9.17) is 10.5 Å². The van der Waals surface area contributed by atoms with Crippen molar-refractivity contribution in [3.8, 4) is 11.5 Å². The van der Waals surface area contributed by atoms with Gasteiger partial charge in [0.25, 0.3) is 0 Å². The Morgan fingerprint density at radius 1 is 1.26 bits per heavy atom. The van der Waals surface area contributed by atoms with Gasteiger partial charge in [0.15, 0.2) is 11.5 Å². The van der Waals surface area contributed by atoms with Crippen LogP contribution in [0.5, 0.6) is 11.5 Å². The summed E-state index contributed by atoms with van der Waals surface area (Å²) in [6.07, 6.45) is 2.22. The van der Waals surface area contributed by atoms with E-state index in [2.05, 4.69) is 9.64 Å². The van der Waals surface area contributed by atoms with Crippen LogP contribution in [0.1, 0.15) is 25.3 Å². The van der Waals surface area contributed by atoms with Crippen LogP contribution in [0.15, 0.2) is 18.2 Å².